The molecular weight excluding hydrogens is 212 g/mol. The number of nitrogens with two attached hydrogens (primary N) is 1. The molecule has 0 saturated heterocycles. The Hall–Kier alpha value is -0.830. The van der Waals surface area contributed by atoms with Gasteiger partial charge in [0.2, 0.25) is 5.91 Å². The molecule has 0 bridgehead atoms. The molecule has 3 rings (SSSR count). The number of carbonyl (C=O) groups excluding carboxylic acids is 1. The van der Waals surface area contributed by atoms with Crippen molar-refractivity contribution in [3.05, 3.63) is 12.2 Å². The van der Waals surface area contributed by atoms with E-state index in [1.165, 1.54) is 0 Å². The number of hydrogen-bond donors (Lipinski definition) is 2. The van der Waals surface area contributed by atoms with Crippen LogP contribution in [0.2, 0.25) is 0 Å². The minimum Gasteiger partial charge on any atom is -0.356 e. The smallest absolute Gasteiger partial charge is 0.223 e. The predicted molar refractivity (Wildman–Crippen MR) is 67.2 cm³/mol. The molecule has 0 radical (unpaired) electrons. The third-order valence-corrected chi connectivity index (χ3v) is 4.92. The van der Waals surface area contributed by atoms with Gasteiger partial charge >= 0.3 is 0 Å². The van der Waals surface area contributed by atoms with Crippen LogP contribution < -0.4 is 11.1 Å². The summed E-state index contributed by atoms with van der Waals surface area (Å²) in [5.74, 6) is 2.54. The van der Waals surface area contributed by atoms with Gasteiger partial charge in [0.15, 0.2) is 0 Å². The van der Waals surface area contributed by atoms with Crippen molar-refractivity contribution in [1.29, 1.82) is 0 Å². The Kier molecular flexibility index (Phi) is 2.95. The topological polar surface area (TPSA) is 55.1 Å². The van der Waals surface area contributed by atoms with Gasteiger partial charge in [0.1, 0.15) is 0 Å². The van der Waals surface area contributed by atoms with Gasteiger partial charge in [-0.3, -0.25) is 4.79 Å². The number of carbonyl (C=O) groups is 1. The van der Waals surface area contributed by atoms with E-state index in [0.29, 0.717) is 17.9 Å². The summed E-state index contributed by atoms with van der Waals surface area (Å²) in [6.45, 7) is 0.851. The van der Waals surface area contributed by atoms with Crippen LogP contribution in [-0.2, 0) is 4.79 Å². The van der Waals surface area contributed by atoms with Gasteiger partial charge in [-0.25, -0.2) is 0 Å². The van der Waals surface area contributed by atoms with Gasteiger partial charge in [-0.05, 0) is 49.9 Å². The fourth-order valence-corrected chi connectivity index (χ4v) is 3.72. The molecule has 0 aromatic heterocycles. The van der Waals surface area contributed by atoms with Crippen molar-refractivity contribution in [1.82, 2.24) is 5.32 Å². The zero-order valence-corrected chi connectivity index (χ0v) is 10.3. The van der Waals surface area contributed by atoms with E-state index in [1.54, 1.807) is 0 Å². The second-order valence-corrected chi connectivity index (χ2v) is 6.05. The molecule has 0 aliphatic heterocycles. The molecule has 3 aliphatic rings. The standard InChI is InChI=1S/C14H22N2O/c15-13-7-10-5-11(6-12(10)13)14(17)16-8-9-3-1-2-4-9/h1-2,9-13H,3-8,15H2,(H,16,17)/t10-,11?,12-,13+/m0/s1. The highest BCUT2D eigenvalue weighted by atomic mass is 16.1. The summed E-state index contributed by atoms with van der Waals surface area (Å²) in [7, 11) is 0. The summed E-state index contributed by atoms with van der Waals surface area (Å²) in [5.41, 5.74) is 5.96. The van der Waals surface area contributed by atoms with Crippen LogP contribution in [0.25, 0.3) is 0 Å². The first-order valence-corrected chi connectivity index (χ1v) is 6.92. The third kappa shape index (κ3) is 2.13. The molecule has 3 heteroatoms. The highest BCUT2D eigenvalue weighted by molar-refractivity contribution is 5.79. The summed E-state index contributed by atoms with van der Waals surface area (Å²) in [6.07, 6.45) is 9.92. The Morgan fingerprint density at radius 3 is 2.65 bits per heavy atom. The maximum Gasteiger partial charge on any atom is 0.223 e. The Morgan fingerprint density at radius 1 is 1.24 bits per heavy atom. The van der Waals surface area contributed by atoms with Crippen molar-refractivity contribution >= 4 is 5.91 Å². The molecule has 0 heterocycles. The minimum atomic E-state index is 0.243. The monoisotopic (exact) mass is 234 g/mol. The fourth-order valence-electron chi connectivity index (χ4n) is 3.72. The highest BCUT2D eigenvalue weighted by Crippen LogP contribution is 2.48. The summed E-state index contributed by atoms with van der Waals surface area (Å²) in [6, 6.07) is 0.372. The van der Waals surface area contributed by atoms with Gasteiger partial charge in [-0.15, -0.1) is 0 Å². The van der Waals surface area contributed by atoms with Crippen LogP contribution in [0.15, 0.2) is 12.2 Å². The van der Waals surface area contributed by atoms with E-state index in [0.717, 1.165) is 44.6 Å². The molecular formula is C14H22N2O. The average molecular weight is 234 g/mol. The first-order chi connectivity index (χ1) is 8.24. The number of nitrogens with one attached hydrogen (secondary N) is 1. The largest absolute Gasteiger partial charge is 0.356 e. The minimum absolute atomic E-state index is 0.243. The molecule has 3 nitrogen and oxygen atoms in total. The van der Waals surface area contributed by atoms with E-state index in [2.05, 4.69) is 17.5 Å². The summed E-state index contributed by atoms with van der Waals surface area (Å²) >= 11 is 0. The summed E-state index contributed by atoms with van der Waals surface area (Å²) in [4.78, 5) is 12.1. The van der Waals surface area contributed by atoms with Crippen molar-refractivity contribution in [3.8, 4) is 0 Å². The quantitative estimate of drug-likeness (QED) is 0.726. The van der Waals surface area contributed by atoms with Crippen LogP contribution >= 0.6 is 0 Å². The predicted octanol–water partition coefficient (Wildman–Crippen LogP) is 1.44. The third-order valence-electron chi connectivity index (χ3n) is 4.92. The molecule has 0 aromatic carbocycles. The van der Waals surface area contributed by atoms with Crippen LogP contribution in [0, 0.1) is 23.7 Å². The average Bonchev–Trinajstić information content (AvgIpc) is 2.92. The Balaban J connectivity index is 1.44. The molecule has 2 fully saturated rings. The molecule has 2 saturated carbocycles. The molecule has 0 aromatic rings. The molecule has 3 aliphatic carbocycles. The van der Waals surface area contributed by atoms with Gasteiger partial charge in [-0.1, -0.05) is 12.2 Å². The van der Waals surface area contributed by atoms with Gasteiger partial charge in [0, 0.05) is 18.5 Å². The maximum absolute atomic E-state index is 12.1. The van der Waals surface area contributed by atoms with Crippen molar-refractivity contribution in [3.63, 3.8) is 0 Å². The zero-order chi connectivity index (χ0) is 11.8. The van der Waals surface area contributed by atoms with Crippen LogP contribution in [0.1, 0.15) is 32.1 Å². The second-order valence-electron chi connectivity index (χ2n) is 6.05. The Labute approximate surface area is 103 Å². The Morgan fingerprint density at radius 2 is 2.00 bits per heavy atom. The molecule has 3 N–H and O–H groups in total. The SMILES string of the molecule is N[C@@H]1C[C@@H]2CC(C(=O)NCC3CC=CC3)C[C@@H]21. The van der Waals surface area contributed by atoms with Crippen molar-refractivity contribution in [2.45, 2.75) is 38.1 Å². The van der Waals surface area contributed by atoms with Crippen molar-refractivity contribution in [2.24, 2.45) is 29.4 Å². The van der Waals surface area contributed by atoms with Gasteiger partial charge in [0.05, 0.1) is 0 Å². The van der Waals surface area contributed by atoms with E-state index < -0.39 is 0 Å². The van der Waals surface area contributed by atoms with E-state index in [-0.39, 0.29) is 11.8 Å². The van der Waals surface area contributed by atoms with E-state index in [1.807, 2.05) is 0 Å². The molecule has 0 spiro atoms. The maximum atomic E-state index is 12.1. The first-order valence-electron chi connectivity index (χ1n) is 6.92. The van der Waals surface area contributed by atoms with Crippen molar-refractivity contribution < 1.29 is 4.79 Å². The van der Waals surface area contributed by atoms with Crippen LogP contribution in [-0.4, -0.2) is 18.5 Å². The number of hydrogen-bond acceptors (Lipinski definition) is 2. The van der Waals surface area contributed by atoms with Crippen molar-refractivity contribution in [2.75, 3.05) is 6.54 Å². The van der Waals surface area contributed by atoms with E-state index in [4.69, 9.17) is 5.73 Å². The Bertz CT molecular complexity index is 331. The number of amides is 1. The summed E-state index contributed by atoms with van der Waals surface area (Å²) < 4.78 is 0. The van der Waals surface area contributed by atoms with Crippen LogP contribution in [0.5, 0.6) is 0 Å². The number of allylic oxidation sites excluding steroid dienone is 2. The fraction of sp³-hybridized carbons (Fsp3) is 0.786. The zero-order valence-electron chi connectivity index (χ0n) is 10.3. The van der Waals surface area contributed by atoms with Crippen LogP contribution in [0.4, 0.5) is 0 Å². The molecule has 1 amide bonds. The number of rotatable bonds is 3. The van der Waals surface area contributed by atoms with E-state index in [9.17, 15) is 4.79 Å². The summed E-state index contributed by atoms with van der Waals surface area (Å²) in [5, 5.41) is 3.13. The molecule has 1 unspecified atom stereocenters. The van der Waals surface area contributed by atoms with Gasteiger partial charge in [-0.2, -0.15) is 0 Å². The number of fused-ring (bicyclic) bond motifs is 1. The lowest BCUT2D eigenvalue weighted by Crippen LogP contribution is -2.44. The molecule has 4 atom stereocenters. The lowest BCUT2D eigenvalue weighted by molar-refractivity contribution is -0.125. The lowest BCUT2D eigenvalue weighted by atomic mass is 9.72. The molecule has 94 valence electrons. The highest BCUT2D eigenvalue weighted by Gasteiger charge is 2.47. The normalized spacial score (nSPS) is 40.1. The second kappa shape index (κ2) is 4.45. The molecule has 17 heavy (non-hydrogen) atoms. The van der Waals surface area contributed by atoms with E-state index >= 15 is 0 Å². The van der Waals surface area contributed by atoms with Gasteiger partial charge < -0.3 is 11.1 Å². The van der Waals surface area contributed by atoms with Crippen LogP contribution in [0.3, 0.4) is 0 Å². The lowest BCUT2D eigenvalue weighted by Gasteiger charge is -2.37. The first kappa shape index (κ1) is 11.3. The van der Waals surface area contributed by atoms with Gasteiger partial charge in [0.25, 0.3) is 0 Å².